The number of aromatic nitrogens is 2. The molecular weight excluding hydrogens is 226 g/mol. The van der Waals surface area contributed by atoms with E-state index >= 15 is 0 Å². The molecule has 1 heterocycles. The molecule has 2 N–H and O–H groups in total. The molecule has 0 aliphatic rings. The first kappa shape index (κ1) is 12.6. The average Bonchev–Trinajstić information content (AvgIpc) is 2.65. The Morgan fingerprint density at radius 3 is 2.72 bits per heavy atom. The molecule has 0 unspecified atom stereocenters. The predicted octanol–water partition coefficient (Wildman–Crippen LogP) is 1.91. The van der Waals surface area contributed by atoms with Crippen LogP contribution in [0.3, 0.4) is 0 Å². The molecule has 0 bridgehead atoms. The first-order valence-corrected chi connectivity index (χ1v) is 6.04. The van der Waals surface area contributed by atoms with Crippen molar-refractivity contribution >= 4 is 0 Å². The quantitative estimate of drug-likeness (QED) is 0.895. The van der Waals surface area contributed by atoms with E-state index in [9.17, 15) is 0 Å². The van der Waals surface area contributed by atoms with Gasteiger partial charge in [-0.2, -0.15) is 0 Å². The van der Waals surface area contributed by atoms with Crippen LogP contribution in [0.25, 0.3) is 11.3 Å². The van der Waals surface area contributed by atoms with Gasteiger partial charge >= 0.3 is 0 Å². The number of hydrogen-bond acceptors (Lipinski definition) is 3. The minimum Gasteiger partial charge on any atom is -0.496 e. The van der Waals surface area contributed by atoms with Crippen molar-refractivity contribution in [3.05, 3.63) is 35.8 Å². The number of methoxy groups -OCH3 is 1. The lowest BCUT2D eigenvalue weighted by molar-refractivity contribution is 0.416. The zero-order valence-electron chi connectivity index (χ0n) is 11.1. The van der Waals surface area contributed by atoms with Gasteiger partial charge in [-0.3, -0.25) is 0 Å². The van der Waals surface area contributed by atoms with E-state index < -0.39 is 0 Å². The molecule has 0 aliphatic carbocycles. The first-order chi connectivity index (χ1) is 8.69. The Morgan fingerprint density at radius 2 is 2.06 bits per heavy atom. The Labute approximate surface area is 107 Å². The van der Waals surface area contributed by atoms with Crippen LogP contribution in [0, 0.1) is 6.92 Å². The van der Waals surface area contributed by atoms with Crippen LogP contribution in [0.4, 0.5) is 0 Å². The molecule has 2 rings (SSSR count). The third-order valence-corrected chi connectivity index (χ3v) is 3.09. The van der Waals surface area contributed by atoms with Crippen molar-refractivity contribution in [2.24, 2.45) is 12.8 Å². The molecule has 0 radical (unpaired) electrons. The summed E-state index contributed by atoms with van der Waals surface area (Å²) in [5.74, 6) is 1.87. The molecule has 1 aromatic heterocycles. The van der Waals surface area contributed by atoms with Crippen molar-refractivity contribution in [2.45, 2.75) is 13.3 Å². The van der Waals surface area contributed by atoms with Crippen LogP contribution in [-0.2, 0) is 13.5 Å². The second kappa shape index (κ2) is 5.23. The zero-order valence-corrected chi connectivity index (χ0v) is 11.1. The van der Waals surface area contributed by atoms with E-state index in [1.807, 2.05) is 32.2 Å². The number of hydrogen-bond donors (Lipinski definition) is 1. The molecule has 2 aromatic rings. The van der Waals surface area contributed by atoms with Crippen molar-refractivity contribution in [3.8, 4) is 17.0 Å². The lowest BCUT2D eigenvalue weighted by atomic mass is 10.1. The number of aryl methyl sites for hydroxylation is 1. The van der Waals surface area contributed by atoms with Crippen molar-refractivity contribution in [1.82, 2.24) is 9.55 Å². The standard InChI is InChI=1S/C14H19N3O/c1-10-14(17(2)13(16-10)8-9-15)11-6-4-5-7-12(11)18-3/h4-7H,8-9,15H2,1-3H3. The van der Waals surface area contributed by atoms with Crippen LogP contribution in [0.5, 0.6) is 5.75 Å². The number of para-hydroxylation sites is 1. The fraction of sp³-hybridized carbons (Fsp3) is 0.357. The van der Waals surface area contributed by atoms with Crippen LogP contribution >= 0.6 is 0 Å². The minimum absolute atomic E-state index is 0.607. The molecule has 0 saturated carbocycles. The highest BCUT2D eigenvalue weighted by molar-refractivity contribution is 5.69. The highest BCUT2D eigenvalue weighted by Gasteiger charge is 2.15. The Morgan fingerprint density at radius 1 is 1.33 bits per heavy atom. The lowest BCUT2D eigenvalue weighted by Gasteiger charge is -2.10. The van der Waals surface area contributed by atoms with Crippen molar-refractivity contribution < 1.29 is 4.74 Å². The number of nitrogens with zero attached hydrogens (tertiary/aromatic N) is 2. The number of ether oxygens (including phenoxy) is 1. The van der Waals surface area contributed by atoms with Gasteiger partial charge < -0.3 is 15.0 Å². The van der Waals surface area contributed by atoms with Gasteiger partial charge in [-0.1, -0.05) is 12.1 Å². The highest BCUT2D eigenvalue weighted by Crippen LogP contribution is 2.32. The summed E-state index contributed by atoms with van der Waals surface area (Å²) in [5, 5.41) is 0. The van der Waals surface area contributed by atoms with Gasteiger partial charge in [0.15, 0.2) is 0 Å². The summed E-state index contributed by atoms with van der Waals surface area (Å²) in [6.45, 7) is 2.62. The van der Waals surface area contributed by atoms with E-state index in [1.54, 1.807) is 7.11 Å². The van der Waals surface area contributed by atoms with Gasteiger partial charge in [0.1, 0.15) is 11.6 Å². The second-order valence-corrected chi connectivity index (χ2v) is 4.26. The van der Waals surface area contributed by atoms with Crippen LogP contribution in [0.2, 0.25) is 0 Å². The van der Waals surface area contributed by atoms with Crippen LogP contribution in [0.15, 0.2) is 24.3 Å². The monoisotopic (exact) mass is 245 g/mol. The molecule has 0 amide bonds. The van der Waals surface area contributed by atoms with Crippen molar-refractivity contribution in [3.63, 3.8) is 0 Å². The van der Waals surface area contributed by atoms with E-state index in [-0.39, 0.29) is 0 Å². The maximum absolute atomic E-state index is 5.61. The van der Waals surface area contributed by atoms with Gasteiger partial charge in [-0.15, -0.1) is 0 Å². The summed E-state index contributed by atoms with van der Waals surface area (Å²) in [7, 11) is 3.71. The van der Waals surface area contributed by atoms with Crippen molar-refractivity contribution in [1.29, 1.82) is 0 Å². The molecule has 0 spiro atoms. The summed E-state index contributed by atoms with van der Waals surface area (Å²) in [6, 6.07) is 7.99. The first-order valence-electron chi connectivity index (χ1n) is 6.04. The lowest BCUT2D eigenvalue weighted by Crippen LogP contribution is -2.08. The topological polar surface area (TPSA) is 53.1 Å². The Bertz CT molecular complexity index is 546. The number of rotatable bonds is 4. The average molecular weight is 245 g/mol. The van der Waals surface area contributed by atoms with E-state index in [0.717, 1.165) is 34.9 Å². The maximum atomic E-state index is 5.61. The minimum atomic E-state index is 0.607. The van der Waals surface area contributed by atoms with Gasteiger partial charge in [0.25, 0.3) is 0 Å². The Balaban J connectivity index is 2.57. The van der Waals surface area contributed by atoms with E-state index in [1.165, 1.54) is 0 Å². The summed E-state index contributed by atoms with van der Waals surface area (Å²) >= 11 is 0. The molecule has 96 valence electrons. The number of benzene rings is 1. The molecular formula is C14H19N3O. The van der Waals surface area contributed by atoms with E-state index in [0.29, 0.717) is 6.54 Å². The fourth-order valence-electron chi connectivity index (χ4n) is 2.26. The summed E-state index contributed by atoms with van der Waals surface area (Å²) in [6.07, 6.45) is 0.784. The maximum Gasteiger partial charge on any atom is 0.128 e. The molecule has 1 aromatic carbocycles. The third-order valence-electron chi connectivity index (χ3n) is 3.09. The van der Waals surface area contributed by atoms with Crippen LogP contribution < -0.4 is 10.5 Å². The van der Waals surface area contributed by atoms with Gasteiger partial charge in [-0.05, 0) is 25.6 Å². The molecule has 0 fully saturated rings. The van der Waals surface area contributed by atoms with Crippen LogP contribution in [-0.4, -0.2) is 23.2 Å². The summed E-state index contributed by atoms with van der Waals surface area (Å²) < 4.78 is 7.51. The number of nitrogens with two attached hydrogens (primary N) is 1. The Hall–Kier alpha value is -1.81. The van der Waals surface area contributed by atoms with Crippen LogP contribution in [0.1, 0.15) is 11.5 Å². The fourth-order valence-corrected chi connectivity index (χ4v) is 2.26. The largest absolute Gasteiger partial charge is 0.496 e. The molecule has 0 saturated heterocycles. The third kappa shape index (κ3) is 2.11. The van der Waals surface area contributed by atoms with Gasteiger partial charge in [0.2, 0.25) is 0 Å². The molecule has 18 heavy (non-hydrogen) atoms. The van der Waals surface area contributed by atoms with Gasteiger partial charge in [0, 0.05) is 19.0 Å². The molecule has 4 nitrogen and oxygen atoms in total. The SMILES string of the molecule is COc1ccccc1-c1c(C)nc(CCN)n1C. The molecule has 4 heteroatoms. The van der Waals surface area contributed by atoms with E-state index in [2.05, 4.69) is 15.6 Å². The molecule has 0 aliphatic heterocycles. The predicted molar refractivity (Wildman–Crippen MR) is 72.7 cm³/mol. The van der Waals surface area contributed by atoms with E-state index in [4.69, 9.17) is 10.5 Å². The summed E-state index contributed by atoms with van der Waals surface area (Å²) in [4.78, 5) is 4.58. The second-order valence-electron chi connectivity index (χ2n) is 4.26. The highest BCUT2D eigenvalue weighted by atomic mass is 16.5. The van der Waals surface area contributed by atoms with Gasteiger partial charge in [0.05, 0.1) is 18.5 Å². The molecule has 0 atom stereocenters. The normalized spacial score (nSPS) is 10.7. The summed E-state index contributed by atoms with van der Waals surface area (Å²) in [5.41, 5.74) is 8.77. The smallest absolute Gasteiger partial charge is 0.128 e. The van der Waals surface area contributed by atoms with Crippen molar-refractivity contribution in [2.75, 3.05) is 13.7 Å². The zero-order chi connectivity index (χ0) is 13.1. The van der Waals surface area contributed by atoms with Gasteiger partial charge in [-0.25, -0.2) is 4.98 Å². The Kier molecular flexibility index (Phi) is 3.67. The number of imidazole rings is 1.